The fourth-order valence-corrected chi connectivity index (χ4v) is 1.29. The van der Waals surface area contributed by atoms with Crippen LogP contribution >= 0.6 is 9.24 Å². The summed E-state index contributed by atoms with van der Waals surface area (Å²) in [5.74, 6) is 0.762. The third kappa shape index (κ3) is 3.63. The van der Waals surface area contributed by atoms with Crippen LogP contribution in [0.2, 0.25) is 0 Å². The van der Waals surface area contributed by atoms with Gasteiger partial charge in [0.1, 0.15) is 0 Å². The summed E-state index contributed by atoms with van der Waals surface area (Å²) in [5.41, 5.74) is 2.22. The Morgan fingerprint density at radius 2 is 2.00 bits per heavy atom. The monoisotopic (exact) mass is 213 g/mol. The number of aryl methyl sites for hydroxylation is 1. The van der Waals surface area contributed by atoms with Gasteiger partial charge in [-0.05, 0) is 12.5 Å². The molecule has 14 heavy (non-hydrogen) atoms. The van der Waals surface area contributed by atoms with Crippen LogP contribution in [0.4, 0.5) is 0 Å². The number of nitrogens with zero attached hydrogens (tertiary/aromatic N) is 1. The van der Waals surface area contributed by atoms with Gasteiger partial charge in [-0.2, -0.15) is 0 Å². The molecule has 0 bridgehead atoms. The van der Waals surface area contributed by atoms with Crippen LogP contribution in [0.5, 0.6) is 5.88 Å². The number of methoxy groups -OCH3 is 1. The van der Waals surface area contributed by atoms with Gasteiger partial charge in [0, 0.05) is 17.4 Å². The average molecular weight is 213 g/mol. The van der Waals surface area contributed by atoms with Crippen LogP contribution in [0, 0.1) is 0 Å². The lowest BCUT2D eigenvalue weighted by Crippen LogP contribution is -1.96. The molecule has 0 fully saturated rings. The quantitative estimate of drug-likeness (QED) is 0.720. The molecule has 1 unspecified atom stereocenters. The van der Waals surface area contributed by atoms with E-state index in [4.69, 9.17) is 4.74 Å². The van der Waals surface area contributed by atoms with E-state index in [0.29, 0.717) is 0 Å². The van der Waals surface area contributed by atoms with Crippen LogP contribution in [-0.4, -0.2) is 12.1 Å². The molecule has 0 amide bonds. The Balaban J connectivity index is 0.000000791. The van der Waals surface area contributed by atoms with E-state index in [2.05, 4.69) is 27.2 Å². The van der Waals surface area contributed by atoms with E-state index in [1.54, 1.807) is 7.11 Å². The second-order valence-corrected chi connectivity index (χ2v) is 2.94. The van der Waals surface area contributed by atoms with Crippen molar-refractivity contribution in [1.82, 2.24) is 4.98 Å². The second-order valence-electron chi connectivity index (χ2n) is 2.53. The summed E-state index contributed by atoms with van der Waals surface area (Å²) in [6.45, 7) is 6.10. The van der Waals surface area contributed by atoms with Gasteiger partial charge < -0.3 is 4.74 Å². The lowest BCUT2D eigenvalue weighted by atomic mass is 10.2. The van der Waals surface area contributed by atoms with Crippen molar-refractivity contribution < 1.29 is 4.74 Å². The topological polar surface area (TPSA) is 22.1 Å². The maximum absolute atomic E-state index is 5.16. The lowest BCUT2D eigenvalue weighted by molar-refractivity contribution is 0.392. The number of aromatic nitrogens is 1. The molecule has 1 atom stereocenters. The van der Waals surface area contributed by atoms with E-state index in [0.717, 1.165) is 24.2 Å². The highest BCUT2D eigenvalue weighted by atomic mass is 31.0. The van der Waals surface area contributed by atoms with Crippen molar-refractivity contribution in [1.29, 1.82) is 0 Å². The van der Waals surface area contributed by atoms with E-state index in [9.17, 15) is 0 Å². The van der Waals surface area contributed by atoms with E-state index >= 15 is 0 Å². The number of ether oxygens (including phenoxy) is 1. The van der Waals surface area contributed by atoms with Crippen LogP contribution < -0.4 is 4.74 Å². The van der Waals surface area contributed by atoms with Crippen LogP contribution in [-0.2, 0) is 12.6 Å². The van der Waals surface area contributed by atoms with Crippen LogP contribution in [0.1, 0.15) is 32.0 Å². The number of hydrogen-bond acceptors (Lipinski definition) is 2. The molecule has 1 aromatic rings. The first-order valence-electron chi connectivity index (χ1n) is 5.04. The maximum atomic E-state index is 5.16. The maximum Gasteiger partial charge on any atom is 0.216 e. The van der Waals surface area contributed by atoms with Crippen LogP contribution in [0.25, 0.3) is 0 Å². The molecule has 0 aliphatic heterocycles. The molecule has 0 radical (unpaired) electrons. The van der Waals surface area contributed by atoms with Gasteiger partial charge in [0.15, 0.2) is 0 Å². The fourth-order valence-electron chi connectivity index (χ4n) is 1.07. The minimum atomic E-state index is 0.762. The molecule has 0 spiro atoms. The molecule has 1 heterocycles. The number of pyridine rings is 1. The zero-order valence-corrected chi connectivity index (χ0v) is 10.7. The molecule has 1 rings (SSSR count). The molecule has 0 aromatic carbocycles. The van der Waals surface area contributed by atoms with Crippen molar-refractivity contribution in [3.63, 3.8) is 0 Å². The van der Waals surface area contributed by atoms with Crippen molar-refractivity contribution in [2.75, 3.05) is 7.11 Å². The minimum absolute atomic E-state index is 0.762. The molecular formula is C11H20NOP. The number of hydrogen-bond donors (Lipinski definition) is 0. The van der Waals surface area contributed by atoms with Gasteiger partial charge in [-0.25, -0.2) is 4.98 Å². The molecule has 0 aliphatic rings. The Labute approximate surface area is 89.3 Å². The van der Waals surface area contributed by atoms with E-state index < -0.39 is 0 Å². The highest BCUT2D eigenvalue weighted by Gasteiger charge is 2.02. The molecule has 1 aromatic heterocycles. The number of rotatable bonds is 3. The van der Waals surface area contributed by atoms with Gasteiger partial charge in [0.2, 0.25) is 5.88 Å². The fraction of sp³-hybridized carbons (Fsp3) is 0.545. The van der Waals surface area contributed by atoms with E-state index in [-0.39, 0.29) is 0 Å². The Bertz CT molecular complexity index is 263. The Kier molecular flexibility index (Phi) is 7.41. The summed E-state index contributed by atoms with van der Waals surface area (Å²) < 4.78 is 5.16. The zero-order valence-electron chi connectivity index (χ0n) is 9.50. The summed E-state index contributed by atoms with van der Waals surface area (Å²) in [5, 5.41) is 0. The molecule has 80 valence electrons. The zero-order chi connectivity index (χ0) is 11.0. The Morgan fingerprint density at radius 1 is 1.36 bits per heavy atom. The first-order chi connectivity index (χ1) is 6.81. The molecule has 0 aliphatic carbocycles. The first-order valence-corrected chi connectivity index (χ1v) is 5.86. The highest BCUT2D eigenvalue weighted by Crippen LogP contribution is 2.17. The summed E-state index contributed by atoms with van der Waals surface area (Å²) in [6.07, 6.45) is 1.84. The summed E-state index contributed by atoms with van der Waals surface area (Å²) >= 11 is 0. The molecule has 0 N–H and O–H groups in total. The van der Waals surface area contributed by atoms with Gasteiger partial charge in [-0.3, -0.25) is 0 Å². The Hall–Kier alpha value is -0.620. The van der Waals surface area contributed by atoms with Crippen molar-refractivity contribution in [3.8, 4) is 5.88 Å². The summed E-state index contributed by atoms with van der Waals surface area (Å²) in [6, 6.07) is 4.11. The van der Waals surface area contributed by atoms with Crippen molar-refractivity contribution in [3.05, 3.63) is 23.4 Å². The summed E-state index contributed by atoms with van der Waals surface area (Å²) in [4.78, 5) is 4.34. The predicted molar refractivity (Wildman–Crippen MR) is 64.9 cm³/mol. The Morgan fingerprint density at radius 3 is 2.43 bits per heavy atom. The van der Waals surface area contributed by atoms with Gasteiger partial charge >= 0.3 is 0 Å². The van der Waals surface area contributed by atoms with Gasteiger partial charge in [0.25, 0.3) is 0 Å². The van der Waals surface area contributed by atoms with Crippen LogP contribution in [0.15, 0.2) is 12.1 Å². The first kappa shape index (κ1) is 13.4. The molecule has 0 saturated carbocycles. The molecule has 0 saturated heterocycles. The SMILES string of the molecule is CC.CCc1ccc(CP)nc1OC. The van der Waals surface area contributed by atoms with Crippen molar-refractivity contribution >= 4 is 9.24 Å². The smallest absolute Gasteiger partial charge is 0.216 e. The third-order valence-electron chi connectivity index (χ3n) is 1.78. The van der Waals surface area contributed by atoms with Gasteiger partial charge in [0.05, 0.1) is 7.11 Å². The van der Waals surface area contributed by atoms with E-state index in [1.165, 1.54) is 5.56 Å². The lowest BCUT2D eigenvalue weighted by Gasteiger charge is -2.06. The predicted octanol–water partition coefficient (Wildman–Crippen LogP) is 3.05. The van der Waals surface area contributed by atoms with Crippen LogP contribution in [0.3, 0.4) is 0 Å². The van der Waals surface area contributed by atoms with Gasteiger partial charge in [-0.1, -0.05) is 26.8 Å². The molecule has 3 heteroatoms. The van der Waals surface area contributed by atoms with Gasteiger partial charge in [-0.15, -0.1) is 9.24 Å². The minimum Gasteiger partial charge on any atom is -0.481 e. The normalized spacial score (nSPS) is 8.93. The van der Waals surface area contributed by atoms with Crippen molar-refractivity contribution in [2.45, 2.75) is 33.4 Å². The average Bonchev–Trinajstić information content (AvgIpc) is 2.30. The standard InChI is InChI=1S/C9H14NOP.C2H6/c1-3-7-4-5-8(6-12)10-9(7)11-2;1-2/h4-5H,3,6,12H2,1-2H3;1-2H3. The second kappa shape index (κ2) is 7.75. The van der Waals surface area contributed by atoms with E-state index in [1.807, 2.05) is 19.9 Å². The molecule has 2 nitrogen and oxygen atoms in total. The largest absolute Gasteiger partial charge is 0.481 e. The molecular weight excluding hydrogens is 193 g/mol. The highest BCUT2D eigenvalue weighted by molar-refractivity contribution is 7.15. The summed E-state index contributed by atoms with van der Waals surface area (Å²) in [7, 11) is 4.31. The third-order valence-corrected chi connectivity index (χ3v) is 2.20. The van der Waals surface area contributed by atoms with Crippen molar-refractivity contribution in [2.24, 2.45) is 0 Å².